The van der Waals surface area contributed by atoms with Crippen molar-refractivity contribution in [3.8, 4) is 0 Å². The maximum atomic E-state index is 12.6. The normalized spacial score (nSPS) is 15.6. The number of piperazine rings is 1. The van der Waals surface area contributed by atoms with Gasteiger partial charge in [0.1, 0.15) is 5.58 Å². The average molecular weight is 355 g/mol. The number of rotatable bonds is 3. The highest BCUT2D eigenvalue weighted by Gasteiger charge is 2.19. The molecular weight excluding hydrogens is 336 g/mol. The molecule has 0 spiro atoms. The van der Waals surface area contributed by atoms with Gasteiger partial charge in [0, 0.05) is 49.0 Å². The SMILES string of the molecule is O=c1c(CN2CCN(c3ccc(Cl)cc3)CC2)coc2ccccc12. The van der Waals surface area contributed by atoms with Gasteiger partial charge in [-0.25, -0.2) is 0 Å². The highest BCUT2D eigenvalue weighted by Crippen LogP contribution is 2.20. The van der Waals surface area contributed by atoms with Crippen molar-refractivity contribution in [3.05, 3.63) is 75.6 Å². The first-order chi connectivity index (χ1) is 12.2. The predicted octanol–water partition coefficient (Wildman–Crippen LogP) is 3.77. The van der Waals surface area contributed by atoms with E-state index in [1.807, 2.05) is 36.4 Å². The monoisotopic (exact) mass is 354 g/mol. The minimum absolute atomic E-state index is 0.0713. The van der Waals surface area contributed by atoms with Crippen molar-refractivity contribution >= 4 is 28.3 Å². The first-order valence-corrected chi connectivity index (χ1v) is 8.81. The molecule has 0 aliphatic carbocycles. The molecule has 1 saturated heterocycles. The van der Waals surface area contributed by atoms with Crippen molar-refractivity contribution in [2.24, 2.45) is 0 Å². The van der Waals surface area contributed by atoms with Crippen LogP contribution in [0.15, 0.2) is 64.0 Å². The van der Waals surface area contributed by atoms with Gasteiger partial charge in [-0.3, -0.25) is 9.69 Å². The van der Waals surface area contributed by atoms with Gasteiger partial charge >= 0.3 is 0 Å². The maximum absolute atomic E-state index is 12.6. The van der Waals surface area contributed by atoms with Crippen LogP contribution < -0.4 is 10.3 Å². The van der Waals surface area contributed by atoms with Crippen LogP contribution in [0.2, 0.25) is 5.02 Å². The van der Waals surface area contributed by atoms with E-state index in [0.717, 1.165) is 36.8 Å². The van der Waals surface area contributed by atoms with Gasteiger partial charge in [-0.1, -0.05) is 23.7 Å². The smallest absolute Gasteiger partial charge is 0.197 e. The first kappa shape index (κ1) is 16.2. The lowest BCUT2D eigenvalue weighted by molar-refractivity contribution is 0.247. The molecule has 1 aliphatic rings. The van der Waals surface area contributed by atoms with E-state index in [-0.39, 0.29) is 5.43 Å². The fourth-order valence-electron chi connectivity index (χ4n) is 3.28. The Morgan fingerprint density at radius 3 is 2.44 bits per heavy atom. The molecule has 0 atom stereocenters. The Bertz CT molecular complexity index is 928. The molecule has 4 rings (SSSR count). The lowest BCUT2D eigenvalue weighted by Gasteiger charge is -2.36. The number of halogens is 1. The largest absolute Gasteiger partial charge is 0.464 e. The number of para-hydroxylation sites is 1. The van der Waals surface area contributed by atoms with Crippen molar-refractivity contribution in [3.63, 3.8) is 0 Å². The summed E-state index contributed by atoms with van der Waals surface area (Å²) in [5.74, 6) is 0. The summed E-state index contributed by atoms with van der Waals surface area (Å²) in [4.78, 5) is 17.3. The van der Waals surface area contributed by atoms with Crippen LogP contribution in [-0.2, 0) is 6.54 Å². The quantitative estimate of drug-likeness (QED) is 0.717. The third-order valence-corrected chi connectivity index (χ3v) is 4.96. The van der Waals surface area contributed by atoms with Crippen molar-refractivity contribution in [1.82, 2.24) is 4.90 Å². The second kappa shape index (κ2) is 6.90. The van der Waals surface area contributed by atoms with E-state index < -0.39 is 0 Å². The lowest BCUT2D eigenvalue weighted by Crippen LogP contribution is -2.46. The molecule has 0 unspecified atom stereocenters. The zero-order valence-electron chi connectivity index (χ0n) is 13.8. The first-order valence-electron chi connectivity index (χ1n) is 8.43. The van der Waals surface area contributed by atoms with E-state index in [0.29, 0.717) is 17.5 Å². The molecule has 1 aromatic heterocycles. The van der Waals surface area contributed by atoms with Crippen LogP contribution in [0.4, 0.5) is 5.69 Å². The van der Waals surface area contributed by atoms with E-state index in [4.69, 9.17) is 16.0 Å². The second-order valence-electron chi connectivity index (χ2n) is 6.33. The fourth-order valence-corrected chi connectivity index (χ4v) is 3.41. The molecule has 3 aromatic rings. The summed E-state index contributed by atoms with van der Waals surface area (Å²) in [6, 6.07) is 15.3. The van der Waals surface area contributed by atoms with Crippen LogP contribution in [-0.4, -0.2) is 31.1 Å². The Balaban J connectivity index is 1.44. The Hall–Kier alpha value is -2.30. The molecule has 4 nitrogen and oxygen atoms in total. The van der Waals surface area contributed by atoms with E-state index in [1.54, 1.807) is 6.26 Å². The van der Waals surface area contributed by atoms with Crippen molar-refractivity contribution < 1.29 is 4.42 Å². The Labute approximate surface area is 151 Å². The van der Waals surface area contributed by atoms with Gasteiger partial charge in [-0.15, -0.1) is 0 Å². The van der Waals surface area contributed by atoms with Gasteiger partial charge in [-0.2, -0.15) is 0 Å². The van der Waals surface area contributed by atoms with Gasteiger partial charge in [0.25, 0.3) is 0 Å². The molecule has 0 amide bonds. The van der Waals surface area contributed by atoms with Gasteiger partial charge in [-0.05, 0) is 36.4 Å². The standard InChI is InChI=1S/C20H19ClN2O2/c21-16-5-7-17(8-6-16)23-11-9-22(10-12-23)13-15-14-25-19-4-2-1-3-18(19)20(15)24/h1-8,14H,9-13H2. The number of hydrogen-bond donors (Lipinski definition) is 0. The number of hydrogen-bond acceptors (Lipinski definition) is 4. The molecule has 0 bridgehead atoms. The highest BCUT2D eigenvalue weighted by atomic mass is 35.5. The average Bonchev–Trinajstić information content (AvgIpc) is 2.66. The summed E-state index contributed by atoms with van der Waals surface area (Å²) in [6.45, 7) is 4.31. The molecule has 128 valence electrons. The maximum Gasteiger partial charge on any atom is 0.197 e. The summed E-state index contributed by atoms with van der Waals surface area (Å²) >= 11 is 5.96. The summed E-state index contributed by atoms with van der Waals surface area (Å²) in [7, 11) is 0. The number of anilines is 1. The van der Waals surface area contributed by atoms with Gasteiger partial charge in [0.05, 0.1) is 11.6 Å². The molecule has 5 heteroatoms. The minimum Gasteiger partial charge on any atom is -0.464 e. The van der Waals surface area contributed by atoms with Crippen LogP contribution >= 0.6 is 11.6 Å². The summed E-state index contributed by atoms with van der Waals surface area (Å²) in [5.41, 5.74) is 2.62. The third kappa shape index (κ3) is 3.41. The van der Waals surface area contributed by atoms with E-state index in [9.17, 15) is 4.79 Å². The topological polar surface area (TPSA) is 36.7 Å². The van der Waals surface area contributed by atoms with E-state index >= 15 is 0 Å². The third-order valence-electron chi connectivity index (χ3n) is 4.71. The van der Waals surface area contributed by atoms with E-state index in [1.165, 1.54) is 5.69 Å². The molecule has 25 heavy (non-hydrogen) atoms. The van der Waals surface area contributed by atoms with Crippen LogP contribution in [0.3, 0.4) is 0 Å². The predicted molar refractivity (Wildman–Crippen MR) is 101 cm³/mol. The van der Waals surface area contributed by atoms with Gasteiger partial charge < -0.3 is 9.32 Å². The second-order valence-corrected chi connectivity index (χ2v) is 6.76. The van der Waals surface area contributed by atoms with Gasteiger partial charge in [0.15, 0.2) is 5.43 Å². The molecule has 0 saturated carbocycles. The van der Waals surface area contributed by atoms with Crippen LogP contribution in [0.5, 0.6) is 0 Å². The summed E-state index contributed by atoms with van der Waals surface area (Å²) < 4.78 is 5.62. The zero-order valence-corrected chi connectivity index (χ0v) is 14.6. The Kier molecular flexibility index (Phi) is 4.47. The lowest BCUT2D eigenvalue weighted by atomic mass is 10.1. The number of nitrogens with zero attached hydrogens (tertiary/aromatic N) is 2. The molecule has 1 fully saturated rings. The Morgan fingerprint density at radius 2 is 1.68 bits per heavy atom. The molecule has 0 radical (unpaired) electrons. The van der Waals surface area contributed by atoms with Crippen molar-refractivity contribution in [2.45, 2.75) is 6.54 Å². The molecule has 2 aromatic carbocycles. The van der Waals surface area contributed by atoms with Crippen LogP contribution in [0, 0.1) is 0 Å². The van der Waals surface area contributed by atoms with Crippen LogP contribution in [0.1, 0.15) is 5.56 Å². The van der Waals surface area contributed by atoms with Crippen molar-refractivity contribution in [2.75, 3.05) is 31.1 Å². The molecule has 2 heterocycles. The van der Waals surface area contributed by atoms with Crippen molar-refractivity contribution in [1.29, 1.82) is 0 Å². The van der Waals surface area contributed by atoms with Crippen LogP contribution in [0.25, 0.3) is 11.0 Å². The number of benzene rings is 2. The summed E-state index contributed by atoms with van der Waals surface area (Å²) in [6.07, 6.45) is 1.61. The highest BCUT2D eigenvalue weighted by molar-refractivity contribution is 6.30. The zero-order chi connectivity index (χ0) is 17.2. The molecule has 1 aliphatic heterocycles. The summed E-state index contributed by atoms with van der Waals surface area (Å²) in [5, 5.41) is 1.41. The number of fused-ring (bicyclic) bond motifs is 1. The van der Waals surface area contributed by atoms with E-state index in [2.05, 4.69) is 21.9 Å². The fraction of sp³-hybridized carbons (Fsp3) is 0.250. The Morgan fingerprint density at radius 1 is 0.960 bits per heavy atom. The minimum atomic E-state index is 0.0713. The van der Waals surface area contributed by atoms with Gasteiger partial charge in [0.2, 0.25) is 0 Å². The molecule has 0 N–H and O–H groups in total. The molecular formula is C20H19ClN2O2.